The van der Waals surface area contributed by atoms with Gasteiger partial charge in [-0.15, -0.1) is 0 Å². The molecule has 2 heterocycles. The number of hydrogen-bond acceptors (Lipinski definition) is 3. The lowest BCUT2D eigenvalue weighted by molar-refractivity contribution is 0.917. The summed E-state index contributed by atoms with van der Waals surface area (Å²) in [6.07, 6.45) is 3.66. The van der Waals surface area contributed by atoms with E-state index in [1.807, 2.05) is 43.5 Å². The first kappa shape index (κ1) is 9.84. The van der Waals surface area contributed by atoms with Gasteiger partial charge in [-0.3, -0.25) is 0 Å². The quantitative estimate of drug-likeness (QED) is 0.645. The number of benzene rings is 1. The zero-order valence-corrected chi connectivity index (χ0v) is 9.46. The summed E-state index contributed by atoms with van der Waals surface area (Å²) in [6.45, 7) is 1.98. The smallest absolute Gasteiger partial charge is 0.163 e. The molecule has 4 heteroatoms. The summed E-state index contributed by atoms with van der Waals surface area (Å²) >= 11 is 0. The predicted molar refractivity (Wildman–Crippen MR) is 67.6 cm³/mol. The van der Waals surface area contributed by atoms with Crippen molar-refractivity contribution in [2.45, 2.75) is 6.92 Å². The van der Waals surface area contributed by atoms with Crippen LogP contribution in [0.25, 0.3) is 16.8 Å². The predicted octanol–water partition coefficient (Wildman–Crippen LogP) is 2.29. The average Bonchev–Trinajstić information content (AvgIpc) is 2.64. The molecule has 0 spiro atoms. The van der Waals surface area contributed by atoms with Gasteiger partial charge in [-0.25, -0.2) is 9.50 Å². The van der Waals surface area contributed by atoms with E-state index in [1.165, 1.54) is 0 Å². The van der Waals surface area contributed by atoms with Crippen molar-refractivity contribution in [1.29, 1.82) is 0 Å². The summed E-state index contributed by atoms with van der Waals surface area (Å²) in [5, 5.41) is 4.43. The van der Waals surface area contributed by atoms with Crippen LogP contribution < -0.4 is 5.73 Å². The van der Waals surface area contributed by atoms with Gasteiger partial charge in [0.15, 0.2) is 5.65 Å². The summed E-state index contributed by atoms with van der Waals surface area (Å²) in [6, 6.07) is 9.64. The van der Waals surface area contributed by atoms with Crippen molar-refractivity contribution >= 4 is 11.3 Å². The van der Waals surface area contributed by atoms with Gasteiger partial charge in [0.1, 0.15) is 0 Å². The first-order valence-electron chi connectivity index (χ1n) is 5.41. The third-order valence-electron chi connectivity index (χ3n) is 2.75. The van der Waals surface area contributed by atoms with Crippen molar-refractivity contribution in [3.8, 4) is 11.1 Å². The molecule has 0 aliphatic heterocycles. The highest BCUT2D eigenvalue weighted by Gasteiger charge is 2.11. The third-order valence-corrected chi connectivity index (χ3v) is 2.75. The highest BCUT2D eigenvalue weighted by atomic mass is 15.2. The van der Waals surface area contributed by atoms with Gasteiger partial charge in [-0.2, -0.15) is 5.10 Å². The van der Waals surface area contributed by atoms with E-state index in [9.17, 15) is 0 Å². The number of hydrogen-bond donors (Lipinski definition) is 1. The molecule has 0 aliphatic rings. The molecular weight excluding hydrogens is 212 g/mol. The van der Waals surface area contributed by atoms with Crippen molar-refractivity contribution in [2.24, 2.45) is 0 Å². The van der Waals surface area contributed by atoms with E-state index in [4.69, 9.17) is 5.73 Å². The molecule has 4 nitrogen and oxygen atoms in total. The maximum Gasteiger partial charge on any atom is 0.163 e. The van der Waals surface area contributed by atoms with Crippen LogP contribution in [0.4, 0.5) is 5.69 Å². The summed E-state index contributed by atoms with van der Waals surface area (Å²) in [7, 11) is 0. The van der Waals surface area contributed by atoms with E-state index >= 15 is 0 Å². The van der Waals surface area contributed by atoms with Crippen molar-refractivity contribution in [3.63, 3.8) is 0 Å². The Bertz CT molecular complexity index is 685. The zero-order valence-electron chi connectivity index (χ0n) is 9.46. The normalized spacial score (nSPS) is 10.9. The lowest BCUT2D eigenvalue weighted by atomic mass is 10.1. The minimum absolute atomic E-state index is 0.747. The number of aryl methyl sites for hydroxylation is 1. The lowest BCUT2D eigenvalue weighted by Gasteiger charge is -2.01. The molecule has 0 aliphatic carbocycles. The van der Waals surface area contributed by atoms with E-state index in [-0.39, 0.29) is 0 Å². The zero-order chi connectivity index (χ0) is 11.8. The van der Waals surface area contributed by atoms with Crippen molar-refractivity contribution < 1.29 is 0 Å². The summed E-state index contributed by atoms with van der Waals surface area (Å²) in [5.41, 5.74) is 10.5. The fourth-order valence-corrected chi connectivity index (χ4v) is 2.03. The highest BCUT2D eigenvalue weighted by molar-refractivity contribution is 5.81. The fourth-order valence-electron chi connectivity index (χ4n) is 2.03. The van der Waals surface area contributed by atoms with Crippen LogP contribution >= 0.6 is 0 Å². The van der Waals surface area contributed by atoms with Crippen LogP contribution in [-0.4, -0.2) is 14.6 Å². The molecular formula is C13H12N4. The lowest BCUT2D eigenvalue weighted by Crippen LogP contribution is -1.88. The number of fused-ring (bicyclic) bond motifs is 1. The van der Waals surface area contributed by atoms with E-state index in [1.54, 1.807) is 10.7 Å². The summed E-state index contributed by atoms with van der Waals surface area (Å²) < 4.78 is 1.79. The minimum Gasteiger partial charge on any atom is -0.399 e. The van der Waals surface area contributed by atoms with E-state index in [0.717, 1.165) is 28.2 Å². The molecule has 2 aromatic heterocycles. The molecule has 3 aromatic rings. The van der Waals surface area contributed by atoms with Crippen LogP contribution in [0.2, 0.25) is 0 Å². The van der Waals surface area contributed by atoms with Crippen LogP contribution in [0.5, 0.6) is 0 Å². The Labute approximate surface area is 98.7 Å². The molecule has 0 saturated carbocycles. The van der Waals surface area contributed by atoms with Gasteiger partial charge in [-0.1, -0.05) is 12.1 Å². The molecule has 0 bridgehead atoms. The SMILES string of the molecule is Cc1nn2cccnc2c1-c1cccc(N)c1. The average molecular weight is 224 g/mol. The first-order chi connectivity index (χ1) is 8.25. The Morgan fingerprint density at radius 1 is 1.24 bits per heavy atom. The van der Waals surface area contributed by atoms with Crippen LogP contribution in [-0.2, 0) is 0 Å². The number of nitrogens with two attached hydrogens (primary N) is 1. The standard InChI is InChI=1S/C13H12N4/c1-9-12(10-4-2-5-11(14)8-10)13-15-6-3-7-17(13)16-9/h2-8H,14H2,1H3. The Hall–Kier alpha value is -2.36. The van der Waals surface area contributed by atoms with Gasteiger partial charge < -0.3 is 5.73 Å². The molecule has 0 amide bonds. The van der Waals surface area contributed by atoms with Crippen LogP contribution in [0.3, 0.4) is 0 Å². The summed E-state index contributed by atoms with van der Waals surface area (Å²) in [4.78, 5) is 4.37. The molecule has 17 heavy (non-hydrogen) atoms. The van der Waals surface area contributed by atoms with Gasteiger partial charge in [0.25, 0.3) is 0 Å². The molecule has 0 unspecified atom stereocenters. The fraction of sp³-hybridized carbons (Fsp3) is 0.0769. The topological polar surface area (TPSA) is 56.2 Å². The van der Waals surface area contributed by atoms with Crippen LogP contribution in [0, 0.1) is 6.92 Å². The molecule has 0 radical (unpaired) electrons. The van der Waals surface area contributed by atoms with Gasteiger partial charge in [0.2, 0.25) is 0 Å². The molecule has 0 atom stereocenters. The van der Waals surface area contributed by atoms with Crippen LogP contribution in [0.15, 0.2) is 42.7 Å². The second kappa shape index (κ2) is 3.59. The molecule has 0 saturated heterocycles. The molecule has 1 aromatic carbocycles. The van der Waals surface area contributed by atoms with Crippen molar-refractivity contribution in [3.05, 3.63) is 48.4 Å². The summed E-state index contributed by atoms with van der Waals surface area (Å²) in [5.74, 6) is 0. The van der Waals surface area contributed by atoms with Crippen LogP contribution in [0.1, 0.15) is 5.69 Å². The second-order valence-corrected chi connectivity index (χ2v) is 3.97. The number of nitrogen functional groups attached to an aromatic ring is 1. The van der Waals surface area contributed by atoms with E-state index in [0.29, 0.717) is 0 Å². The largest absolute Gasteiger partial charge is 0.399 e. The Kier molecular flexibility index (Phi) is 2.08. The number of rotatable bonds is 1. The Morgan fingerprint density at radius 2 is 2.12 bits per heavy atom. The van der Waals surface area contributed by atoms with Gasteiger partial charge >= 0.3 is 0 Å². The van der Waals surface area contributed by atoms with Gasteiger partial charge in [0.05, 0.1) is 5.69 Å². The Morgan fingerprint density at radius 3 is 2.94 bits per heavy atom. The number of aromatic nitrogens is 3. The maximum absolute atomic E-state index is 5.81. The van der Waals surface area contributed by atoms with E-state index in [2.05, 4.69) is 10.1 Å². The molecule has 84 valence electrons. The van der Waals surface area contributed by atoms with Gasteiger partial charge in [-0.05, 0) is 30.7 Å². The van der Waals surface area contributed by atoms with Crippen molar-refractivity contribution in [1.82, 2.24) is 14.6 Å². The third kappa shape index (κ3) is 1.54. The second-order valence-electron chi connectivity index (χ2n) is 3.97. The van der Waals surface area contributed by atoms with Gasteiger partial charge in [0, 0.05) is 23.6 Å². The van der Waals surface area contributed by atoms with Crippen molar-refractivity contribution in [2.75, 3.05) is 5.73 Å². The maximum atomic E-state index is 5.81. The monoisotopic (exact) mass is 224 g/mol. The number of anilines is 1. The minimum atomic E-state index is 0.747. The molecule has 3 rings (SSSR count). The Balaban J connectivity index is 2.33. The molecule has 0 fully saturated rings. The highest BCUT2D eigenvalue weighted by Crippen LogP contribution is 2.27. The molecule has 2 N–H and O–H groups in total. The first-order valence-corrected chi connectivity index (χ1v) is 5.41. The number of nitrogens with zero attached hydrogens (tertiary/aromatic N) is 3. The van der Waals surface area contributed by atoms with E-state index < -0.39 is 0 Å².